The van der Waals surface area contributed by atoms with Crippen LogP contribution in [-0.4, -0.2) is 31.3 Å². The molecule has 8 heteroatoms. The molecule has 0 fully saturated rings. The summed E-state index contributed by atoms with van der Waals surface area (Å²) in [7, 11) is 1.88. The van der Waals surface area contributed by atoms with E-state index in [9.17, 15) is 4.39 Å². The van der Waals surface area contributed by atoms with E-state index in [0.717, 1.165) is 24.4 Å². The summed E-state index contributed by atoms with van der Waals surface area (Å²) in [5, 5.41) is 5.12. The van der Waals surface area contributed by atoms with E-state index in [1.807, 2.05) is 28.6 Å². The predicted octanol–water partition coefficient (Wildman–Crippen LogP) is 4.77. The van der Waals surface area contributed by atoms with Crippen LogP contribution in [0.3, 0.4) is 0 Å². The van der Waals surface area contributed by atoms with E-state index in [1.54, 1.807) is 29.2 Å². The molecular formula is C19H21ClFN5S. The first-order valence-electron chi connectivity index (χ1n) is 8.70. The lowest BCUT2D eigenvalue weighted by molar-refractivity contribution is 0.241. The van der Waals surface area contributed by atoms with E-state index in [-0.39, 0.29) is 5.82 Å². The number of hydrogen-bond acceptors (Lipinski definition) is 4. The second kappa shape index (κ2) is 8.73. The molecule has 1 aromatic carbocycles. The van der Waals surface area contributed by atoms with Crippen LogP contribution in [0.2, 0.25) is 5.02 Å². The molecule has 0 saturated carbocycles. The van der Waals surface area contributed by atoms with Gasteiger partial charge in [-0.3, -0.25) is 14.5 Å². The van der Waals surface area contributed by atoms with Crippen LogP contribution in [0.15, 0.2) is 42.7 Å². The summed E-state index contributed by atoms with van der Waals surface area (Å²) in [5.41, 5.74) is 1.43. The molecule has 0 radical (unpaired) electrons. The average Bonchev–Trinajstić information content (AvgIpc) is 2.96. The van der Waals surface area contributed by atoms with E-state index < -0.39 is 0 Å². The van der Waals surface area contributed by atoms with Crippen molar-refractivity contribution in [1.82, 2.24) is 24.2 Å². The lowest BCUT2D eigenvalue weighted by Crippen LogP contribution is -2.23. The maximum atomic E-state index is 14.1. The highest BCUT2D eigenvalue weighted by Crippen LogP contribution is 2.21. The van der Waals surface area contributed by atoms with Gasteiger partial charge < -0.3 is 0 Å². The fourth-order valence-corrected chi connectivity index (χ4v) is 3.40. The van der Waals surface area contributed by atoms with Gasteiger partial charge in [0.15, 0.2) is 10.6 Å². The highest BCUT2D eigenvalue weighted by Gasteiger charge is 2.15. The summed E-state index contributed by atoms with van der Waals surface area (Å²) in [5.74, 6) is 0.494. The molecule has 0 bridgehead atoms. The fraction of sp³-hybridized carbons (Fsp3) is 0.316. The molecule has 0 unspecified atom stereocenters. The van der Waals surface area contributed by atoms with Gasteiger partial charge in [-0.25, -0.2) is 9.07 Å². The Morgan fingerprint density at radius 2 is 1.96 bits per heavy atom. The molecule has 0 spiro atoms. The number of halogens is 2. The minimum atomic E-state index is -0.313. The number of benzene rings is 1. The second-order valence-electron chi connectivity index (χ2n) is 6.35. The van der Waals surface area contributed by atoms with Crippen molar-refractivity contribution in [3.05, 3.63) is 63.9 Å². The van der Waals surface area contributed by atoms with Crippen LogP contribution in [0.5, 0.6) is 0 Å². The monoisotopic (exact) mass is 405 g/mol. The van der Waals surface area contributed by atoms with Crippen LogP contribution in [0.1, 0.15) is 18.9 Å². The van der Waals surface area contributed by atoms with Crippen LogP contribution in [-0.2, 0) is 19.8 Å². The first kappa shape index (κ1) is 19.7. The fourth-order valence-electron chi connectivity index (χ4n) is 2.90. The third-order valence-electron chi connectivity index (χ3n) is 4.17. The Hall–Kier alpha value is -2.09. The Bertz CT molecular complexity index is 950. The summed E-state index contributed by atoms with van der Waals surface area (Å²) in [6.07, 6.45) is 4.42. The van der Waals surface area contributed by atoms with Gasteiger partial charge in [-0.05, 0) is 50.0 Å². The van der Waals surface area contributed by atoms with Crippen molar-refractivity contribution in [1.29, 1.82) is 0 Å². The minimum absolute atomic E-state index is 0.313. The molecule has 0 aliphatic heterocycles. The number of rotatable bonds is 7. The van der Waals surface area contributed by atoms with Gasteiger partial charge in [-0.15, -0.1) is 0 Å². The maximum Gasteiger partial charge on any atom is 0.199 e. The Labute approximate surface area is 168 Å². The molecule has 27 heavy (non-hydrogen) atoms. The zero-order valence-corrected chi connectivity index (χ0v) is 16.8. The Kier molecular flexibility index (Phi) is 6.36. The van der Waals surface area contributed by atoms with Gasteiger partial charge >= 0.3 is 0 Å². The van der Waals surface area contributed by atoms with E-state index >= 15 is 0 Å². The molecule has 142 valence electrons. The first-order chi connectivity index (χ1) is 13.0. The number of nitrogens with zero attached hydrogens (tertiary/aromatic N) is 5. The van der Waals surface area contributed by atoms with Gasteiger partial charge in [0.1, 0.15) is 5.82 Å². The highest BCUT2D eigenvalue weighted by molar-refractivity contribution is 7.71. The smallest absolute Gasteiger partial charge is 0.199 e. The van der Waals surface area contributed by atoms with Crippen molar-refractivity contribution < 1.29 is 4.39 Å². The molecule has 0 amide bonds. The third-order valence-corrected chi connectivity index (χ3v) is 4.96. The van der Waals surface area contributed by atoms with Crippen molar-refractivity contribution in [3.8, 4) is 11.4 Å². The quantitative estimate of drug-likeness (QED) is 0.531. The molecule has 2 aromatic heterocycles. The lowest BCUT2D eigenvalue weighted by Gasteiger charge is -2.17. The van der Waals surface area contributed by atoms with E-state index in [0.29, 0.717) is 28.6 Å². The summed E-state index contributed by atoms with van der Waals surface area (Å²) < 4.78 is 18.5. The van der Waals surface area contributed by atoms with Crippen LogP contribution in [0, 0.1) is 10.6 Å². The maximum absolute atomic E-state index is 14.1. The second-order valence-corrected chi connectivity index (χ2v) is 7.12. The average molecular weight is 406 g/mol. The Balaban J connectivity index is 1.88. The van der Waals surface area contributed by atoms with Crippen molar-refractivity contribution in [2.45, 2.75) is 33.1 Å². The summed E-state index contributed by atoms with van der Waals surface area (Å²) in [6, 6.07) is 8.53. The minimum Gasteiger partial charge on any atom is -0.300 e. The van der Waals surface area contributed by atoms with Gasteiger partial charge in [0.25, 0.3) is 0 Å². The van der Waals surface area contributed by atoms with E-state index in [4.69, 9.17) is 28.9 Å². The van der Waals surface area contributed by atoms with Gasteiger partial charge in [-0.2, -0.15) is 5.10 Å². The SMILES string of the molecule is CCCn1c(-c2ccncc2)nn(CN(C)Cc2c(F)cccc2Cl)c1=S. The van der Waals surface area contributed by atoms with Crippen molar-refractivity contribution >= 4 is 23.8 Å². The molecule has 0 saturated heterocycles. The van der Waals surface area contributed by atoms with E-state index in [2.05, 4.69) is 11.9 Å². The van der Waals surface area contributed by atoms with Gasteiger partial charge in [0.2, 0.25) is 0 Å². The zero-order chi connectivity index (χ0) is 19.4. The predicted molar refractivity (Wildman–Crippen MR) is 107 cm³/mol. The summed E-state index contributed by atoms with van der Waals surface area (Å²) in [6.45, 7) is 3.66. The molecule has 3 aromatic rings. The van der Waals surface area contributed by atoms with E-state index in [1.165, 1.54) is 6.07 Å². The summed E-state index contributed by atoms with van der Waals surface area (Å²) >= 11 is 11.8. The molecule has 0 atom stereocenters. The van der Waals surface area contributed by atoms with Gasteiger partial charge in [0, 0.05) is 41.6 Å². The number of pyridine rings is 1. The Morgan fingerprint density at radius 3 is 2.63 bits per heavy atom. The zero-order valence-electron chi connectivity index (χ0n) is 15.3. The molecule has 0 aliphatic carbocycles. The molecule has 5 nitrogen and oxygen atoms in total. The van der Waals surface area contributed by atoms with Crippen LogP contribution >= 0.6 is 23.8 Å². The molecule has 2 heterocycles. The number of aromatic nitrogens is 4. The van der Waals surface area contributed by atoms with Crippen molar-refractivity contribution in [3.63, 3.8) is 0 Å². The molecular weight excluding hydrogens is 385 g/mol. The first-order valence-corrected chi connectivity index (χ1v) is 9.49. The third kappa shape index (κ3) is 4.43. The Morgan fingerprint density at radius 1 is 1.22 bits per heavy atom. The summed E-state index contributed by atoms with van der Waals surface area (Å²) in [4.78, 5) is 5.99. The molecule has 0 aliphatic rings. The van der Waals surface area contributed by atoms with Crippen molar-refractivity contribution in [2.75, 3.05) is 7.05 Å². The highest BCUT2D eigenvalue weighted by atomic mass is 35.5. The molecule has 3 rings (SSSR count). The van der Waals surface area contributed by atoms with Crippen LogP contribution in [0.25, 0.3) is 11.4 Å². The van der Waals surface area contributed by atoms with Gasteiger partial charge in [0.05, 0.1) is 6.67 Å². The lowest BCUT2D eigenvalue weighted by atomic mass is 10.2. The standard InChI is InChI=1S/C19H21ClFN5S/c1-3-11-25-18(14-7-9-22-10-8-14)23-26(19(25)27)13-24(2)12-15-16(20)5-4-6-17(15)21/h4-10H,3,11-13H2,1-2H3. The van der Waals surface area contributed by atoms with Crippen LogP contribution in [0.4, 0.5) is 4.39 Å². The largest absolute Gasteiger partial charge is 0.300 e. The normalized spacial score (nSPS) is 11.3. The number of hydrogen-bond donors (Lipinski definition) is 0. The van der Waals surface area contributed by atoms with Crippen molar-refractivity contribution in [2.24, 2.45) is 0 Å². The van der Waals surface area contributed by atoms with Crippen LogP contribution < -0.4 is 0 Å². The van der Waals surface area contributed by atoms with Gasteiger partial charge in [-0.1, -0.05) is 24.6 Å². The topological polar surface area (TPSA) is 38.9 Å². The molecule has 0 N–H and O–H groups in total.